The first kappa shape index (κ1) is 22.2. The molecule has 8 heteroatoms. The Morgan fingerprint density at radius 3 is 2.50 bits per heavy atom. The van der Waals surface area contributed by atoms with Crippen molar-refractivity contribution in [2.75, 3.05) is 5.75 Å². The summed E-state index contributed by atoms with van der Waals surface area (Å²) in [4.78, 5) is 32.1. The number of benzene rings is 2. The van der Waals surface area contributed by atoms with Crippen LogP contribution < -0.4 is 5.56 Å². The summed E-state index contributed by atoms with van der Waals surface area (Å²) >= 11 is 7.20. The molecule has 0 aliphatic carbocycles. The fourth-order valence-corrected chi connectivity index (χ4v) is 4.03. The highest BCUT2D eigenvalue weighted by atomic mass is 35.5. The molecule has 0 unspecified atom stereocenters. The van der Waals surface area contributed by atoms with Crippen LogP contribution in [0.25, 0.3) is 0 Å². The molecule has 1 N–H and O–H groups in total. The van der Waals surface area contributed by atoms with Crippen molar-refractivity contribution in [3.63, 3.8) is 0 Å². The Morgan fingerprint density at radius 1 is 1.17 bits per heavy atom. The lowest BCUT2D eigenvalue weighted by Crippen LogP contribution is -2.21. The average Bonchev–Trinajstić information content (AvgIpc) is 2.69. The summed E-state index contributed by atoms with van der Waals surface area (Å²) < 4.78 is 27.3. The molecule has 30 heavy (non-hydrogen) atoms. The minimum Gasteiger partial charge on any atom is -0.301 e. The number of aromatic amines is 1. The first-order valence-electron chi connectivity index (χ1n) is 9.23. The second kappa shape index (κ2) is 9.53. The average molecular weight is 449 g/mol. The SMILES string of the molecule is CC(C)c1c(Cc2c(F)cccc2Cl)nc(SCC(=O)c2ccc(F)cc2)[nH]c1=O. The van der Waals surface area contributed by atoms with E-state index < -0.39 is 11.6 Å². The highest BCUT2D eigenvalue weighted by Crippen LogP contribution is 2.26. The molecule has 1 aromatic heterocycles. The molecule has 0 bridgehead atoms. The number of carbonyl (C=O) groups excluding carboxylic acids is 1. The molecule has 0 saturated carbocycles. The van der Waals surface area contributed by atoms with E-state index in [9.17, 15) is 18.4 Å². The highest BCUT2D eigenvalue weighted by molar-refractivity contribution is 7.99. The van der Waals surface area contributed by atoms with E-state index in [-0.39, 0.29) is 45.2 Å². The van der Waals surface area contributed by atoms with E-state index in [0.717, 1.165) is 11.8 Å². The van der Waals surface area contributed by atoms with Crippen molar-refractivity contribution < 1.29 is 13.6 Å². The number of thioether (sulfide) groups is 1. The van der Waals surface area contributed by atoms with Crippen molar-refractivity contribution in [3.8, 4) is 0 Å². The van der Waals surface area contributed by atoms with Crippen molar-refractivity contribution in [3.05, 3.63) is 91.9 Å². The summed E-state index contributed by atoms with van der Waals surface area (Å²) in [6, 6.07) is 9.64. The second-order valence-corrected chi connectivity index (χ2v) is 8.35. The maximum absolute atomic E-state index is 14.3. The number of ketones is 1. The molecule has 156 valence electrons. The Bertz CT molecular complexity index is 1110. The van der Waals surface area contributed by atoms with Crippen LogP contribution in [-0.2, 0) is 6.42 Å². The van der Waals surface area contributed by atoms with E-state index in [1.165, 1.54) is 36.4 Å². The topological polar surface area (TPSA) is 62.8 Å². The number of H-pyrrole nitrogens is 1. The lowest BCUT2D eigenvalue weighted by Gasteiger charge is -2.14. The predicted molar refractivity (Wildman–Crippen MR) is 115 cm³/mol. The third-order valence-corrected chi connectivity index (χ3v) is 5.73. The van der Waals surface area contributed by atoms with Gasteiger partial charge in [0.05, 0.1) is 11.4 Å². The van der Waals surface area contributed by atoms with Crippen LogP contribution >= 0.6 is 23.4 Å². The van der Waals surface area contributed by atoms with Gasteiger partial charge in [0.1, 0.15) is 11.6 Å². The molecule has 2 aromatic carbocycles. The quantitative estimate of drug-likeness (QED) is 0.299. The van der Waals surface area contributed by atoms with E-state index in [1.807, 2.05) is 13.8 Å². The molecule has 3 aromatic rings. The highest BCUT2D eigenvalue weighted by Gasteiger charge is 2.19. The number of halogens is 3. The van der Waals surface area contributed by atoms with Crippen LogP contribution in [0.2, 0.25) is 5.02 Å². The molecule has 0 saturated heterocycles. The standard InChI is InChI=1S/C22H19ClF2N2O2S/c1-12(2)20-18(10-15-16(23)4-3-5-17(15)25)26-22(27-21(20)29)30-11-19(28)13-6-8-14(24)9-7-13/h3-9,12H,10-11H2,1-2H3,(H,26,27,29). The van der Waals surface area contributed by atoms with Crippen LogP contribution in [-0.4, -0.2) is 21.5 Å². The molecule has 0 atom stereocenters. The number of hydrogen-bond acceptors (Lipinski definition) is 4. The summed E-state index contributed by atoms with van der Waals surface area (Å²) in [7, 11) is 0. The number of nitrogens with one attached hydrogen (secondary N) is 1. The Morgan fingerprint density at radius 2 is 1.87 bits per heavy atom. The predicted octanol–water partition coefficient (Wildman–Crippen LogP) is 5.39. The van der Waals surface area contributed by atoms with Crippen molar-refractivity contribution in [1.82, 2.24) is 9.97 Å². The molecular formula is C22H19ClF2N2O2S. The fourth-order valence-electron chi connectivity index (χ4n) is 3.03. The number of aromatic nitrogens is 2. The van der Waals surface area contributed by atoms with E-state index in [0.29, 0.717) is 16.8 Å². The second-order valence-electron chi connectivity index (χ2n) is 6.98. The van der Waals surface area contributed by atoms with Gasteiger partial charge in [-0.25, -0.2) is 13.8 Å². The smallest absolute Gasteiger partial charge is 0.255 e. The zero-order chi connectivity index (χ0) is 21.8. The Labute approximate surface area is 181 Å². The van der Waals surface area contributed by atoms with Crippen molar-refractivity contribution >= 4 is 29.1 Å². The molecule has 1 heterocycles. The van der Waals surface area contributed by atoms with Crippen LogP contribution in [0.4, 0.5) is 8.78 Å². The fraction of sp³-hybridized carbons (Fsp3) is 0.227. The van der Waals surface area contributed by atoms with E-state index in [2.05, 4.69) is 9.97 Å². The first-order valence-corrected chi connectivity index (χ1v) is 10.6. The molecule has 0 amide bonds. The Kier molecular flexibility index (Phi) is 7.05. The Balaban J connectivity index is 1.88. The van der Waals surface area contributed by atoms with E-state index in [1.54, 1.807) is 6.07 Å². The summed E-state index contributed by atoms with van der Waals surface area (Å²) in [6.07, 6.45) is 0.0579. The molecule has 0 aliphatic heterocycles. The van der Waals surface area contributed by atoms with Crippen molar-refractivity contribution in [2.24, 2.45) is 0 Å². The molecule has 0 aliphatic rings. The largest absolute Gasteiger partial charge is 0.301 e. The normalized spacial score (nSPS) is 11.1. The van der Waals surface area contributed by atoms with Gasteiger partial charge in [-0.2, -0.15) is 0 Å². The number of carbonyl (C=O) groups is 1. The minimum atomic E-state index is -0.472. The number of nitrogens with zero attached hydrogens (tertiary/aromatic N) is 1. The van der Waals surface area contributed by atoms with E-state index >= 15 is 0 Å². The van der Waals surface area contributed by atoms with Crippen LogP contribution in [0.15, 0.2) is 52.4 Å². The maximum atomic E-state index is 14.3. The minimum absolute atomic E-state index is 0.00942. The van der Waals surface area contributed by atoms with Gasteiger partial charge >= 0.3 is 0 Å². The first-order chi connectivity index (χ1) is 14.3. The van der Waals surface area contributed by atoms with Crippen LogP contribution in [0.1, 0.15) is 46.9 Å². The van der Waals surface area contributed by atoms with E-state index in [4.69, 9.17) is 11.6 Å². The van der Waals surface area contributed by atoms with Gasteiger partial charge in [-0.3, -0.25) is 9.59 Å². The van der Waals surface area contributed by atoms with Crippen LogP contribution in [0.3, 0.4) is 0 Å². The van der Waals surface area contributed by atoms with Gasteiger partial charge in [-0.15, -0.1) is 0 Å². The molecule has 0 radical (unpaired) electrons. The molecular weight excluding hydrogens is 430 g/mol. The molecule has 3 rings (SSSR count). The van der Waals surface area contributed by atoms with Gasteiger partial charge in [0, 0.05) is 28.1 Å². The van der Waals surface area contributed by atoms with Gasteiger partial charge in [0.25, 0.3) is 5.56 Å². The zero-order valence-electron chi connectivity index (χ0n) is 16.3. The number of rotatable bonds is 7. The Hall–Kier alpha value is -2.51. The van der Waals surface area contributed by atoms with Crippen LogP contribution in [0.5, 0.6) is 0 Å². The molecule has 4 nitrogen and oxygen atoms in total. The third-order valence-electron chi connectivity index (χ3n) is 4.50. The zero-order valence-corrected chi connectivity index (χ0v) is 17.9. The van der Waals surface area contributed by atoms with Crippen molar-refractivity contribution in [2.45, 2.75) is 31.3 Å². The monoisotopic (exact) mass is 448 g/mol. The van der Waals surface area contributed by atoms with Gasteiger partial charge in [0.15, 0.2) is 10.9 Å². The number of Topliss-reactive ketones (excluding diaryl/α,β-unsaturated/α-hetero) is 1. The van der Waals surface area contributed by atoms with Crippen LogP contribution in [0, 0.1) is 11.6 Å². The molecule has 0 spiro atoms. The number of hydrogen-bond donors (Lipinski definition) is 1. The summed E-state index contributed by atoms with van der Waals surface area (Å²) in [6.45, 7) is 3.70. The van der Waals surface area contributed by atoms with Gasteiger partial charge in [-0.1, -0.05) is 43.3 Å². The summed E-state index contributed by atoms with van der Waals surface area (Å²) in [5.41, 5.74) is 1.15. The van der Waals surface area contributed by atoms with Gasteiger partial charge in [0.2, 0.25) is 0 Å². The van der Waals surface area contributed by atoms with Gasteiger partial charge in [-0.05, 0) is 42.3 Å². The third kappa shape index (κ3) is 5.15. The summed E-state index contributed by atoms with van der Waals surface area (Å²) in [5, 5.41) is 0.509. The van der Waals surface area contributed by atoms with Gasteiger partial charge < -0.3 is 4.98 Å². The molecule has 0 fully saturated rings. The lowest BCUT2D eigenvalue weighted by atomic mass is 9.98. The lowest BCUT2D eigenvalue weighted by molar-refractivity contribution is 0.102. The van der Waals surface area contributed by atoms with Crippen molar-refractivity contribution in [1.29, 1.82) is 0 Å². The maximum Gasteiger partial charge on any atom is 0.255 e. The summed E-state index contributed by atoms with van der Waals surface area (Å²) in [5.74, 6) is -1.25.